The highest BCUT2D eigenvalue weighted by Gasteiger charge is 2.17. The maximum atomic E-state index is 13.3. The standard InChI is InChI=1S/C25H23FN2O4S/c1-16-2-9-20(10-3-16)33(31,32)28-19-8-11-23-22(15-19)21(24(27-23)12-13-25(29)30)14-17-4-6-18(26)7-5-17/h2-11,15,27-28H,12-14H2,1H3,(H,29,30). The van der Waals surface area contributed by atoms with Crippen LogP contribution in [0.2, 0.25) is 0 Å². The summed E-state index contributed by atoms with van der Waals surface area (Å²) in [4.78, 5) is 14.6. The van der Waals surface area contributed by atoms with Gasteiger partial charge in [-0.2, -0.15) is 0 Å². The molecule has 1 heterocycles. The lowest BCUT2D eigenvalue weighted by Crippen LogP contribution is -2.12. The van der Waals surface area contributed by atoms with Gasteiger partial charge < -0.3 is 10.1 Å². The van der Waals surface area contributed by atoms with Gasteiger partial charge in [0.1, 0.15) is 5.82 Å². The SMILES string of the molecule is Cc1ccc(S(=O)(=O)Nc2ccc3[nH]c(CCC(=O)O)c(Cc4ccc(F)cc4)c3c2)cc1. The van der Waals surface area contributed by atoms with E-state index in [0.717, 1.165) is 33.3 Å². The fourth-order valence-corrected chi connectivity index (χ4v) is 4.80. The Morgan fingerprint density at radius 1 is 1.03 bits per heavy atom. The molecule has 0 saturated carbocycles. The number of rotatable bonds is 8. The second-order valence-electron chi connectivity index (χ2n) is 7.96. The number of aromatic nitrogens is 1. The lowest BCUT2D eigenvalue weighted by atomic mass is 9.99. The number of hydrogen-bond acceptors (Lipinski definition) is 3. The van der Waals surface area contributed by atoms with E-state index in [4.69, 9.17) is 5.11 Å². The lowest BCUT2D eigenvalue weighted by Gasteiger charge is -2.09. The van der Waals surface area contributed by atoms with E-state index in [1.165, 1.54) is 12.1 Å². The van der Waals surface area contributed by atoms with Gasteiger partial charge in [0.05, 0.1) is 11.3 Å². The molecule has 0 spiro atoms. The van der Waals surface area contributed by atoms with Gasteiger partial charge in [0.15, 0.2) is 0 Å². The number of nitrogens with one attached hydrogen (secondary N) is 2. The number of aliphatic carboxylic acids is 1. The van der Waals surface area contributed by atoms with Crippen LogP contribution in [0, 0.1) is 12.7 Å². The number of H-pyrrole nitrogens is 1. The zero-order valence-corrected chi connectivity index (χ0v) is 18.7. The first-order chi connectivity index (χ1) is 15.7. The first kappa shape index (κ1) is 22.5. The van der Waals surface area contributed by atoms with Gasteiger partial charge in [-0.25, -0.2) is 12.8 Å². The van der Waals surface area contributed by atoms with Gasteiger partial charge >= 0.3 is 5.97 Å². The molecular weight excluding hydrogens is 443 g/mol. The first-order valence-electron chi connectivity index (χ1n) is 10.4. The molecule has 0 fully saturated rings. The average Bonchev–Trinajstić information content (AvgIpc) is 3.10. The number of fused-ring (bicyclic) bond motifs is 1. The topological polar surface area (TPSA) is 99.3 Å². The molecule has 0 aliphatic rings. The third kappa shape index (κ3) is 5.23. The number of carbonyl (C=O) groups is 1. The molecule has 0 saturated heterocycles. The molecule has 1 aromatic heterocycles. The van der Waals surface area contributed by atoms with Gasteiger partial charge in [-0.15, -0.1) is 0 Å². The minimum absolute atomic E-state index is 0.0455. The maximum absolute atomic E-state index is 13.3. The highest BCUT2D eigenvalue weighted by Crippen LogP contribution is 2.30. The molecule has 6 nitrogen and oxygen atoms in total. The van der Waals surface area contributed by atoms with Gasteiger partial charge in [-0.3, -0.25) is 9.52 Å². The van der Waals surface area contributed by atoms with Gasteiger partial charge in [-0.1, -0.05) is 29.8 Å². The van der Waals surface area contributed by atoms with Crippen molar-refractivity contribution >= 4 is 32.6 Å². The molecule has 0 atom stereocenters. The fourth-order valence-electron chi connectivity index (χ4n) is 3.75. The Hall–Kier alpha value is -3.65. The average molecular weight is 467 g/mol. The number of aromatic amines is 1. The molecule has 4 rings (SSSR count). The highest BCUT2D eigenvalue weighted by atomic mass is 32.2. The predicted octanol–water partition coefficient (Wildman–Crippen LogP) is 5.02. The largest absolute Gasteiger partial charge is 0.481 e. The number of aryl methyl sites for hydroxylation is 2. The zero-order valence-electron chi connectivity index (χ0n) is 17.9. The highest BCUT2D eigenvalue weighted by molar-refractivity contribution is 7.92. The maximum Gasteiger partial charge on any atom is 0.303 e. The van der Waals surface area contributed by atoms with Crippen molar-refractivity contribution in [2.24, 2.45) is 0 Å². The molecule has 0 aliphatic heterocycles. The Morgan fingerprint density at radius 2 is 1.73 bits per heavy atom. The van der Waals surface area contributed by atoms with Gasteiger partial charge in [-0.05, 0) is 73.4 Å². The predicted molar refractivity (Wildman–Crippen MR) is 125 cm³/mol. The Labute approximate surface area is 191 Å². The van der Waals surface area contributed by atoms with Crippen LogP contribution in [0.25, 0.3) is 10.9 Å². The Kier molecular flexibility index (Phi) is 6.20. The Bertz CT molecular complexity index is 1410. The summed E-state index contributed by atoms with van der Waals surface area (Å²) in [5.41, 5.74) is 4.60. The minimum atomic E-state index is -3.77. The van der Waals surface area contributed by atoms with Gasteiger partial charge in [0.25, 0.3) is 10.0 Å². The van der Waals surface area contributed by atoms with Crippen LogP contribution in [-0.4, -0.2) is 24.5 Å². The number of hydrogen-bond donors (Lipinski definition) is 3. The van der Waals surface area contributed by atoms with E-state index in [9.17, 15) is 17.6 Å². The number of anilines is 1. The van der Waals surface area contributed by atoms with Gasteiger partial charge in [0, 0.05) is 22.3 Å². The summed E-state index contributed by atoms with van der Waals surface area (Å²) in [5, 5.41) is 9.91. The third-order valence-corrected chi connectivity index (χ3v) is 6.86. The van der Waals surface area contributed by atoms with Crippen LogP contribution in [0.5, 0.6) is 0 Å². The number of benzene rings is 3. The number of halogens is 1. The molecule has 0 radical (unpaired) electrons. The van der Waals surface area contributed by atoms with Crippen LogP contribution in [0.3, 0.4) is 0 Å². The van der Waals surface area contributed by atoms with E-state index in [2.05, 4.69) is 9.71 Å². The van der Waals surface area contributed by atoms with Crippen molar-refractivity contribution in [2.45, 2.75) is 31.1 Å². The quantitative estimate of drug-likeness (QED) is 0.339. The molecule has 3 N–H and O–H groups in total. The number of sulfonamides is 1. The second-order valence-corrected chi connectivity index (χ2v) is 9.64. The van der Waals surface area contributed by atoms with Crippen LogP contribution in [-0.2, 0) is 27.7 Å². The minimum Gasteiger partial charge on any atom is -0.481 e. The zero-order chi connectivity index (χ0) is 23.6. The molecule has 8 heteroatoms. The van der Waals surface area contributed by atoms with Crippen molar-refractivity contribution in [3.05, 3.63) is 94.9 Å². The summed E-state index contributed by atoms with van der Waals surface area (Å²) in [6, 6.07) is 17.9. The van der Waals surface area contributed by atoms with Crippen molar-refractivity contribution in [1.82, 2.24) is 4.98 Å². The third-order valence-electron chi connectivity index (χ3n) is 5.46. The molecule has 170 valence electrons. The molecule has 33 heavy (non-hydrogen) atoms. The monoisotopic (exact) mass is 466 g/mol. The van der Waals surface area contributed by atoms with E-state index in [0.29, 0.717) is 18.5 Å². The number of carboxylic acid groups (broad SMARTS) is 1. The van der Waals surface area contributed by atoms with Crippen LogP contribution in [0.1, 0.15) is 28.8 Å². The van der Waals surface area contributed by atoms with E-state index >= 15 is 0 Å². The molecule has 0 bridgehead atoms. The molecule has 4 aromatic rings. The Morgan fingerprint density at radius 3 is 2.39 bits per heavy atom. The van der Waals surface area contributed by atoms with Gasteiger partial charge in [0.2, 0.25) is 0 Å². The van der Waals surface area contributed by atoms with E-state index < -0.39 is 16.0 Å². The smallest absolute Gasteiger partial charge is 0.303 e. The fraction of sp³-hybridized carbons (Fsp3) is 0.160. The summed E-state index contributed by atoms with van der Waals surface area (Å²) >= 11 is 0. The summed E-state index contributed by atoms with van der Waals surface area (Å²) in [7, 11) is -3.77. The van der Waals surface area contributed by atoms with Crippen LogP contribution in [0.4, 0.5) is 10.1 Å². The summed E-state index contributed by atoms with van der Waals surface area (Å²) < 4.78 is 41.6. The molecule has 3 aromatic carbocycles. The first-order valence-corrected chi connectivity index (χ1v) is 11.9. The number of carboxylic acids is 1. The van der Waals surface area contributed by atoms with Crippen molar-refractivity contribution in [3.63, 3.8) is 0 Å². The van der Waals surface area contributed by atoms with Crippen LogP contribution < -0.4 is 4.72 Å². The van der Waals surface area contributed by atoms with Crippen LogP contribution in [0.15, 0.2) is 71.6 Å². The molecule has 0 unspecified atom stereocenters. The second kappa shape index (κ2) is 9.07. The van der Waals surface area contributed by atoms with E-state index in [1.807, 2.05) is 6.92 Å². The Balaban J connectivity index is 1.72. The molecular formula is C25H23FN2O4S. The summed E-state index contributed by atoms with van der Waals surface area (Å²) in [6.45, 7) is 1.88. The van der Waals surface area contributed by atoms with E-state index in [-0.39, 0.29) is 17.1 Å². The van der Waals surface area contributed by atoms with Crippen molar-refractivity contribution in [1.29, 1.82) is 0 Å². The van der Waals surface area contributed by atoms with Crippen molar-refractivity contribution < 1.29 is 22.7 Å². The lowest BCUT2D eigenvalue weighted by molar-refractivity contribution is -0.136. The van der Waals surface area contributed by atoms with E-state index in [1.54, 1.807) is 54.6 Å². The molecule has 0 amide bonds. The summed E-state index contributed by atoms with van der Waals surface area (Å²) in [6.07, 6.45) is 0.699. The normalized spacial score (nSPS) is 11.6. The van der Waals surface area contributed by atoms with Crippen molar-refractivity contribution in [2.75, 3.05) is 4.72 Å². The molecule has 0 aliphatic carbocycles. The van der Waals surface area contributed by atoms with Crippen LogP contribution >= 0.6 is 0 Å². The van der Waals surface area contributed by atoms with Crippen molar-refractivity contribution in [3.8, 4) is 0 Å². The summed E-state index contributed by atoms with van der Waals surface area (Å²) in [5.74, 6) is -1.25.